The van der Waals surface area contributed by atoms with E-state index in [0.29, 0.717) is 30.1 Å². The molecular weight excluding hydrogens is 402 g/mol. The van der Waals surface area contributed by atoms with Gasteiger partial charge in [0.1, 0.15) is 0 Å². The maximum Gasteiger partial charge on any atom is 0.290 e. The Balaban J connectivity index is 1.67. The highest BCUT2D eigenvalue weighted by Crippen LogP contribution is 2.40. The predicted octanol–water partition coefficient (Wildman–Crippen LogP) is 3.02. The zero-order valence-corrected chi connectivity index (χ0v) is 17.5. The van der Waals surface area contributed by atoms with Gasteiger partial charge in [0.25, 0.3) is 5.91 Å². The fourth-order valence-electron chi connectivity index (χ4n) is 3.72. The van der Waals surface area contributed by atoms with Gasteiger partial charge >= 0.3 is 0 Å². The second-order valence-corrected chi connectivity index (χ2v) is 8.28. The summed E-state index contributed by atoms with van der Waals surface area (Å²) in [5.74, 6) is -1.39. The van der Waals surface area contributed by atoms with E-state index in [1.165, 1.54) is 11.3 Å². The number of aryl methyl sites for hydroxylation is 3. The van der Waals surface area contributed by atoms with Crippen molar-refractivity contribution in [2.45, 2.75) is 32.9 Å². The zero-order chi connectivity index (χ0) is 21.3. The number of hydrogen-bond donors (Lipinski definition) is 1. The quantitative estimate of drug-likeness (QED) is 0.586. The highest BCUT2D eigenvalue weighted by Gasteiger charge is 2.44. The number of ketones is 1. The molecule has 0 saturated heterocycles. The standard InChI is InChI=1S/C21H21N5O3S/c1-13-20(30-14(2)24-13)18(27)16-17(15-4-6-22-7-5-15)26(21(29)19(16)28)10-3-9-25-11-8-23-12-25/h4-8,11-12,17,28H,3,9-10H2,1-2H3/t17-/m1/s1. The number of carbonyl (C=O) groups is 2. The molecule has 3 aromatic rings. The second kappa shape index (κ2) is 8.19. The van der Waals surface area contributed by atoms with Crippen LogP contribution >= 0.6 is 11.3 Å². The first-order chi connectivity index (χ1) is 14.5. The Morgan fingerprint density at radius 3 is 2.57 bits per heavy atom. The Kier molecular flexibility index (Phi) is 5.45. The smallest absolute Gasteiger partial charge is 0.290 e. The number of carbonyl (C=O) groups excluding carboxylic acids is 2. The summed E-state index contributed by atoms with van der Waals surface area (Å²) >= 11 is 1.27. The van der Waals surface area contributed by atoms with Gasteiger partial charge in [-0.3, -0.25) is 14.6 Å². The average molecular weight is 423 g/mol. The SMILES string of the molecule is Cc1nc(C)c(C(=O)C2=C(O)C(=O)N(CCCn3ccnc3)[C@@H]2c2ccncc2)s1. The number of amides is 1. The van der Waals surface area contributed by atoms with Crippen LogP contribution < -0.4 is 0 Å². The molecule has 4 heterocycles. The van der Waals surface area contributed by atoms with Crippen molar-refractivity contribution in [2.75, 3.05) is 6.54 Å². The summed E-state index contributed by atoms with van der Waals surface area (Å²) < 4.78 is 1.92. The van der Waals surface area contributed by atoms with E-state index in [9.17, 15) is 14.7 Å². The van der Waals surface area contributed by atoms with Crippen molar-refractivity contribution in [3.63, 3.8) is 0 Å². The summed E-state index contributed by atoms with van der Waals surface area (Å²) in [4.78, 5) is 40.7. The fourth-order valence-corrected chi connectivity index (χ4v) is 4.59. The molecule has 1 aliphatic rings. The third kappa shape index (κ3) is 3.63. The molecule has 30 heavy (non-hydrogen) atoms. The molecule has 1 atom stereocenters. The van der Waals surface area contributed by atoms with E-state index in [4.69, 9.17) is 0 Å². The van der Waals surface area contributed by atoms with Crippen LogP contribution in [0, 0.1) is 13.8 Å². The van der Waals surface area contributed by atoms with E-state index < -0.39 is 17.7 Å². The largest absolute Gasteiger partial charge is 0.503 e. The van der Waals surface area contributed by atoms with Gasteiger partial charge in [-0.25, -0.2) is 9.97 Å². The Morgan fingerprint density at radius 2 is 1.93 bits per heavy atom. The van der Waals surface area contributed by atoms with Gasteiger partial charge in [0.15, 0.2) is 5.76 Å². The highest BCUT2D eigenvalue weighted by molar-refractivity contribution is 7.14. The van der Waals surface area contributed by atoms with Crippen LogP contribution in [0.25, 0.3) is 0 Å². The highest BCUT2D eigenvalue weighted by atomic mass is 32.1. The number of thiazole rings is 1. The number of nitrogens with zero attached hydrogens (tertiary/aromatic N) is 5. The van der Waals surface area contributed by atoms with Crippen LogP contribution in [-0.4, -0.2) is 47.8 Å². The molecule has 1 amide bonds. The third-order valence-electron chi connectivity index (χ3n) is 5.05. The summed E-state index contributed by atoms with van der Waals surface area (Å²) in [5.41, 5.74) is 1.43. The molecule has 4 rings (SSSR count). The molecule has 0 bridgehead atoms. The van der Waals surface area contributed by atoms with E-state index in [1.807, 2.05) is 17.7 Å². The minimum absolute atomic E-state index is 0.0978. The molecule has 3 aromatic heterocycles. The Bertz CT molecular complexity index is 1110. The van der Waals surface area contributed by atoms with Crippen LogP contribution in [0.15, 0.2) is 54.6 Å². The molecule has 1 aliphatic heterocycles. The number of aliphatic hydroxyl groups excluding tert-OH is 1. The summed E-state index contributed by atoms with van der Waals surface area (Å²) in [6.07, 6.45) is 9.14. The Morgan fingerprint density at radius 1 is 1.17 bits per heavy atom. The zero-order valence-electron chi connectivity index (χ0n) is 16.6. The number of hydrogen-bond acceptors (Lipinski definition) is 7. The van der Waals surface area contributed by atoms with Gasteiger partial charge in [0.05, 0.1) is 33.5 Å². The maximum atomic E-state index is 13.4. The first-order valence-corrected chi connectivity index (χ1v) is 10.4. The molecule has 0 saturated carbocycles. The van der Waals surface area contributed by atoms with Crippen molar-refractivity contribution in [2.24, 2.45) is 0 Å². The molecule has 0 unspecified atom stereocenters. The molecule has 154 valence electrons. The van der Waals surface area contributed by atoms with Crippen molar-refractivity contribution in [1.82, 2.24) is 24.4 Å². The molecule has 0 fully saturated rings. The van der Waals surface area contributed by atoms with Gasteiger partial charge in [-0.2, -0.15) is 0 Å². The van der Waals surface area contributed by atoms with Crippen molar-refractivity contribution in [3.05, 3.63) is 75.7 Å². The van der Waals surface area contributed by atoms with Gasteiger partial charge in [0, 0.05) is 37.9 Å². The minimum Gasteiger partial charge on any atom is -0.503 e. The van der Waals surface area contributed by atoms with Crippen LogP contribution in [0.5, 0.6) is 0 Å². The van der Waals surface area contributed by atoms with Crippen LogP contribution in [0.3, 0.4) is 0 Å². The van der Waals surface area contributed by atoms with Crippen LogP contribution in [-0.2, 0) is 11.3 Å². The number of pyridine rings is 1. The molecule has 0 aliphatic carbocycles. The second-order valence-electron chi connectivity index (χ2n) is 7.07. The Labute approximate surface area is 177 Å². The number of Topliss-reactive ketones (excluding diaryl/α,β-unsaturated/α-hetero) is 1. The molecule has 0 spiro atoms. The van der Waals surface area contributed by atoms with Crippen LogP contribution in [0.4, 0.5) is 0 Å². The van der Waals surface area contributed by atoms with E-state index in [1.54, 1.807) is 48.9 Å². The topological polar surface area (TPSA) is 101 Å². The third-order valence-corrected chi connectivity index (χ3v) is 6.13. The normalized spacial score (nSPS) is 16.5. The van der Waals surface area contributed by atoms with Gasteiger partial charge < -0.3 is 14.6 Å². The summed E-state index contributed by atoms with van der Waals surface area (Å²) in [7, 11) is 0. The van der Waals surface area contributed by atoms with Gasteiger partial charge in [-0.15, -0.1) is 11.3 Å². The monoisotopic (exact) mass is 423 g/mol. The summed E-state index contributed by atoms with van der Waals surface area (Å²) in [6.45, 7) is 4.64. The van der Waals surface area contributed by atoms with Crippen molar-refractivity contribution >= 4 is 23.0 Å². The predicted molar refractivity (Wildman–Crippen MR) is 111 cm³/mol. The molecular formula is C21H21N5O3S. The van der Waals surface area contributed by atoms with Crippen molar-refractivity contribution in [1.29, 1.82) is 0 Å². The van der Waals surface area contributed by atoms with Gasteiger partial charge in [-0.1, -0.05) is 0 Å². The number of imidazole rings is 1. The van der Waals surface area contributed by atoms with Crippen molar-refractivity contribution < 1.29 is 14.7 Å². The fraction of sp³-hybridized carbons (Fsp3) is 0.286. The lowest BCUT2D eigenvalue weighted by Gasteiger charge is -2.26. The van der Waals surface area contributed by atoms with E-state index >= 15 is 0 Å². The van der Waals surface area contributed by atoms with E-state index in [2.05, 4.69) is 15.0 Å². The first kappa shape index (κ1) is 20.0. The molecule has 0 aromatic carbocycles. The summed E-state index contributed by atoms with van der Waals surface area (Å²) in [5, 5.41) is 11.5. The van der Waals surface area contributed by atoms with E-state index in [0.717, 1.165) is 10.6 Å². The minimum atomic E-state index is -0.669. The molecule has 9 heteroatoms. The lowest BCUT2D eigenvalue weighted by molar-refractivity contribution is -0.129. The maximum absolute atomic E-state index is 13.4. The number of aliphatic hydroxyl groups is 1. The molecule has 8 nitrogen and oxygen atoms in total. The van der Waals surface area contributed by atoms with Gasteiger partial charge in [-0.05, 0) is 38.0 Å². The van der Waals surface area contributed by atoms with Crippen LogP contribution in [0.1, 0.15) is 38.4 Å². The average Bonchev–Trinajstić information content (AvgIpc) is 3.43. The Hall–Kier alpha value is -3.33. The van der Waals surface area contributed by atoms with Gasteiger partial charge in [0.2, 0.25) is 5.78 Å². The molecule has 0 radical (unpaired) electrons. The summed E-state index contributed by atoms with van der Waals surface area (Å²) in [6, 6.07) is 2.85. The first-order valence-electron chi connectivity index (χ1n) is 9.56. The molecule has 1 N–H and O–H groups in total. The lowest BCUT2D eigenvalue weighted by Crippen LogP contribution is -2.32. The van der Waals surface area contributed by atoms with Crippen LogP contribution in [0.2, 0.25) is 0 Å². The number of aromatic nitrogens is 4. The van der Waals surface area contributed by atoms with E-state index in [-0.39, 0.29) is 11.4 Å². The lowest BCUT2D eigenvalue weighted by atomic mass is 9.95. The van der Waals surface area contributed by atoms with Crippen molar-refractivity contribution in [3.8, 4) is 0 Å². The number of rotatable bonds is 7.